The van der Waals surface area contributed by atoms with Crippen molar-refractivity contribution in [2.75, 3.05) is 11.1 Å². The Morgan fingerprint density at radius 1 is 1.15 bits per heavy atom. The second kappa shape index (κ2) is 9.16. The number of hydrogen-bond acceptors (Lipinski definition) is 4. The maximum absolute atomic E-state index is 12.4. The summed E-state index contributed by atoms with van der Waals surface area (Å²) in [5.41, 5.74) is 0.570. The molecule has 0 radical (unpaired) electrons. The van der Waals surface area contributed by atoms with E-state index in [-0.39, 0.29) is 5.56 Å². The third-order valence-corrected chi connectivity index (χ3v) is 5.20. The van der Waals surface area contributed by atoms with E-state index in [1.807, 2.05) is 0 Å². The number of nitrogens with one attached hydrogen (secondary N) is 1. The topological polar surface area (TPSA) is 72.5 Å². The molecular weight excluding hydrogens is 397 g/mol. The minimum absolute atomic E-state index is 0.179. The molecule has 0 aliphatic heterocycles. The molecule has 1 amide bonds. The fourth-order valence-corrected chi connectivity index (χ4v) is 3.60. The van der Waals surface area contributed by atoms with Gasteiger partial charge < -0.3 is 10.1 Å². The van der Waals surface area contributed by atoms with E-state index in [1.165, 1.54) is 31.2 Å². The highest BCUT2D eigenvalue weighted by Crippen LogP contribution is 2.23. The van der Waals surface area contributed by atoms with Crippen molar-refractivity contribution in [1.29, 1.82) is 0 Å². The van der Waals surface area contributed by atoms with Crippen molar-refractivity contribution < 1.29 is 18.5 Å². The largest absolute Gasteiger partial charge is 0.449 e. The Kier molecular flexibility index (Phi) is 7.20. The van der Waals surface area contributed by atoms with Crippen LogP contribution in [0.25, 0.3) is 0 Å². The number of rotatable bonds is 6. The third kappa shape index (κ3) is 5.30. The second-order valence-corrected chi connectivity index (χ2v) is 7.91. The third-order valence-electron chi connectivity index (χ3n) is 3.40. The van der Waals surface area contributed by atoms with Gasteiger partial charge in [0.25, 0.3) is 5.91 Å². The van der Waals surface area contributed by atoms with Gasteiger partial charge in [0.05, 0.1) is 21.3 Å². The summed E-state index contributed by atoms with van der Waals surface area (Å²) in [5.74, 6) is -0.879. The molecule has 8 heteroatoms. The quantitative estimate of drug-likeness (QED) is 0.716. The minimum Gasteiger partial charge on any atom is -0.449 e. The van der Waals surface area contributed by atoms with E-state index in [0.717, 1.165) is 0 Å². The van der Waals surface area contributed by atoms with Crippen molar-refractivity contribution in [3.05, 3.63) is 58.1 Å². The summed E-state index contributed by atoms with van der Waals surface area (Å²) in [6.45, 7) is 3.20. The van der Waals surface area contributed by atoms with Crippen LogP contribution >= 0.6 is 23.2 Å². The van der Waals surface area contributed by atoms with Crippen LogP contribution in [-0.4, -0.2) is 27.9 Å². The number of halogens is 2. The lowest BCUT2D eigenvalue weighted by molar-refractivity contribution is -0.123. The Bertz CT molecular complexity index is 837. The zero-order chi connectivity index (χ0) is 19.3. The Labute approximate surface area is 164 Å². The van der Waals surface area contributed by atoms with E-state index in [2.05, 4.69) is 5.32 Å². The van der Waals surface area contributed by atoms with Crippen LogP contribution < -0.4 is 5.32 Å². The number of carbonyl (C=O) groups excluding carboxylic acids is 2. The zero-order valence-corrected chi connectivity index (χ0v) is 16.5. The van der Waals surface area contributed by atoms with Crippen molar-refractivity contribution in [3.8, 4) is 0 Å². The molecule has 0 aromatic heterocycles. The summed E-state index contributed by atoms with van der Waals surface area (Å²) >= 11 is 11.8. The van der Waals surface area contributed by atoms with Gasteiger partial charge in [-0.2, -0.15) is 0 Å². The smallest absolute Gasteiger partial charge is 0.340 e. The lowest BCUT2D eigenvalue weighted by atomic mass is 10.2. The predicted molar refractivity (Wildman–Crippen MR) is 103 cm³/mol. The first-order valence-electron chi connectivity index (χ1n) is 7.77. The first-order valence-corrected chi connectivity index (χ1v) is 9.84. The summed E-state index contributed by atoms with van der Waals surface area (Å²) in [7, 11) is -1.32. The molecule has 5 nitrogen and oxygen atoms in total. The molecule has 138 valence electrons. The van der Waals surface area contributed by atoms with Crippen molar-refractivity contribution in [2.45, 2.75) is 24.8 Å². The molecule has 2 aromatic carbocycles. The van der Waals surface area contributed by atoms with Gasteiger partial charge in [-0.1, -0.05) is 42.3 Å². The van der Waals surface area contributed by atoms with Crippen LogP contribution in [0.1, 0.15) is 24.2 Å². The standard InChI is InChI=1S/C18H17Cl2NO4S/c1-3-26(24)16-7-5-4-6-15(16)18(23)25-11(2)17(22)21-14-9-12(19)8-13(20)10-14/h4-11H,3H2,1-2H3,(H,21,22)/t11-,26-/m0/s1. The van der Waals surface area contributed by atoms with E-state index in [4.69, 9.17) is 27.9 Å². The average molecular weight is 414 g/mol. The number of benzene rings is 2. The first kappa shape index (κ1) is 20.4. The minimum atomic E-state index is -1.32. The van der Waals surface area contributed by atoms with Crippen molar-refractivity contribution in [2.24, 2.45) is 0 Å². The van der Waals surface area contributed by atoms with Gasteiger partial charge in [-0.15, -0.1) is 0 Å². The summed E-state index contributed by atoms with van der Waals surface area (Å²) in [5, 5.41) is 3.32. The molecule has 2 aromatic rings. The molecule has 0 unspecified atom stereocenters. The van der Waals surface area contributed by atoms with E-state index in [9.17, 15) is 13.8 Å². The molecule has 26 heavy (non-hydrogen) atoms. The average Bonchev–Trinajstić information content (AvgIpc) is 2.59. The normalized spacial score (nSPS) is 12.9. The van der Waals surface area contributed by atoms with Crippen LogP contribution in [0, 0.1) is 0 Å². The summed E-state index contributed by atoms with van der Waals surface area (Å²) in [4.78, 5) is 25.0. The van der Waals surface area contributed by atoms with Gasteiger partial charge in [0.15, 0.2) is 6.10 Å². The summed E-state index contributed by atoms with van der Waals surface area (Å²) in [6, 6.07) is 11.1. The van der Waals surface area contributed by atoms with Gasteiger partial charge in [-0.05, 0) is 37.3 Å². The van der Waals surface area contributed by atoms with E-state index < -0.39 is 28.8 Å². The molecule has 0 fully saturated rings. The monoisotopic (exact) mass is 413 g/mol. The van der Waals surface area contributed by atoms with Crippen molar-refractivity contribution in [1.82, 2.24) is 0 Å². The SMILES string of the molecule is CC[S@](=O)c1ccccc1C(=O)O[C@@H](C)C(=O)Nc1cc(Cl)cc(Cl)c1. The van der Waals surface area contributed by atoms with Crippen LogP contribution in [0.5, 0.6) is 0 Å². The number of amides is 1. The maximum atomic E-state index is 12.4. The molecule has 0 aliphatic rings. The van der Waals surface area contributed by atoms with E-state index in [0.29, 0.717) is 26.4 Å². The molecule has 0 saturated heterocycles. The molecule has 0 aliphatic carbocycles. The highest BCUT2D eigenvalue weighted by atomic mass is 35.5. The predicted octanol–water partition coefficient (Wildman–Crippen LogP) is 4.30. The number of ether oxygens (including phenoxy) is 1. The van der Waals surface area contributed by atoms with Gasteiger partial charge in [-0.25, -0.2) is 4.79 Å². The Hall–Kier alpha value is -1.89. The lowest BCUT2D eigenvalue weighted by Crippen LogP contribution is -2.30. The first-order chi connectivity index (χ1) is 12.3. The molecule has 0 spiro atoms. The molecule has 0 heterocycles. The number of carbonyl (C=O) groups is 2. The number of esters is 1. The van der Waals surface area contributed by atoms with Gasteiger partial charge in [0, 0.05) is 21.5 Å². The molecule has 0 bridgehead atoms. The van der Waals surface area contributed by atoms with Crippen LogP contribution in [0.15, 0.2) is 47.4 Å². The van der Waals surface area contributed by atoms with Gasteiger partial charge in [0.1, 0.15) is 0 Å². The van der Waals surface area contributed by atoms with Crippen LogP contribution in [0.2, 0.25) is 10.0 Å². The lowest BCUT2D eigenvalue weighted by Gasteiger charge is -2.15. The highest BCUT2D eigenvalue weighted by Gasteiger charge is 2.22. The molecular formula is C18H17Cl2NO4S. The zero-order valence-electron chi connectivity index (χ0n) is 14.1. The molecule has 1 N–H and O–H groups in total. The summed E-state index contributed by atoms with van der Waals surface area (Å²) in [6.07, 6.45) is -1.07. The van der Waals surface area contributed by atoms with Crippen LogP contribution in [-0.2, 0) is 20.3 Å². The Morgan fingerprint density at radius 2 is 1.77 bits per heavy atom. The van der Waals surface area contributed by atoms with Crippen LogP contribution in [0.4, 0.5) is 5.69 Å². The van der Waals surface area contributed by atoms with Gasteiger partial charge in [0.2, 0.25) is 0 Å². The van der Waals surface area contributed by atoms with Gasteiger partial charge in [-0.3, -0.25) is 9.00 Å². The Balaban J connectivity index is 2.09. The van der Waals surface area contributed by atoms with Crippen molar-refractivity contribution >= 4 is 51.6 Å². The molecule has 2 atom stereocenters. The Morgan fingerprint density at radius 3 is 2.38 bits per heavy atom. The maximum Gasteiger partial charge on any atom is 0.340 e. The number of anilines is 1. The van der Waals surface area contributed by atoms with Gasteiger partial charge >= 0.3 is 5.97 Å². The molecule has 2 rings (SSSR count). The van der Waals surface area contributed by atoms with Crippen molar-refractivity contribution in [3.63, 3.8) is 0 Å². The molecule has 0 saturated carbocycles. The van der Waals surface area contributed by atoms with Crippen LogP contribution in [0.3, 0.4) is 0 Å². The fourth-order valence-electron chi connectivity index (χ4n) is 2.14. The fraction of sp³-hybridized carbons (Fsp3) is 0.222. The number of hydrogen-bond donors (Lipinski definition) is 1. The van der Waals surface area contributed by atoms with E-state index in [1.54, 1.807) is 25.1 Å². The van der Waals surface area contributed by atoms with E-state index >= 15 is 0 Å². The highest BCUT2D eigenvalue weighted by molar-refractivity contribution is 7.85. The second-order valence-electron chi connectivity index (χ2n) is 5.33. The summed E-state index contributed by atoms with van der Waals surface area (Å²) < 4.78 is 17.3.